The lowest BCUT2D eigenvalue weighted by Crippen LogP contribution is -2.41. The third kappa shape index (κ3) is 3.37. The molecule has 2 fully saturated rings. The predicted octanol–water partition coefficient (Wildman–Crippen LogP) is 4.91. The number of amides is 1. The molecule has 3 atom stereocenters. The minimum Gasteiger partial charge on any atom is -0.358 e. The summed E-state index contributed by atoms with van der Waals surface area (Å²) in [6.07, 6.45) is 6.13. The van der Waals surface area contributed by atoms with Crippen LogP contribution in [0.15, 0.2) is 12.5 Å². The monoisotopic (exact) mass is 490 g/mol. The van der Waals surface area contributed by atoms with Gasteiger partial charge in [0.2, 0.25) is 5.91 Å². The average Bonchev–Trinajstić information content (AvgIpc) is 3.63. The smallest absolute Gasteiger partial charge is 0.233 e. The van der Waals surface area contributed by atoms with Gasteiger partial charge in [0, 0.05) is 41.7 Å². The Hall–Kier alpha value is -2.71. The van der Waals surface area contributed by atoms with E-state index < -0.39 is 0 Å². The lowest BCUT2D eigenvalue weighted by Gasteiger charge is -2.30. The number of fused-ring (bicyclic) bond motifs is 4. The molecule has 1 saturated carbocycles. The molecule has 2 N–H and O–H groups in total. The summed E-state index contributed by atoms with van der Waals surface area (Å²) in [5.41, 5.74) is 8.63. The third-order valence-electron chi connectivity index (χ3n) is 8.55. The molecule has 1 aliphatic heterocycles. The minimum absolute atomic E-state index is 0.124. The quantitative estimate of drug-likeness (QED) is 0.417. The second-order valence-corrected chi connectivity index (χ2v) is 11.8. The number of likely N-dealkylation sites (tertiary alicyclic amines) is 1. The lowest BCUT2D eigenvalue weighted by molar-refractivity contribution is -0.122. The van der Waals surface area contributed by atoms with E-state index in [4.69, 9.17) is 0 Å². The second kappa shape index (κ2) is 8.17. The number of carbonyl (C=O) groups is 1. The van der Waals surface area contributed by atoms with Gasteiger partial charge in [-0.3, -0.25) is 9.69 Å². The summed E-state index contributed by atoms with van der Waals surface area (Å²) in [5, 5.41) is 8.61. The summed E-state index contributed by atoms with van der Waals surface area (Å²) in [6.45, 7) is 12.8. The van der Waals surface area contributed by atoms with Crippen molar-refractivity contribution in [3.63, 3.8) is 0 Å². The van der Waals surface area contributed by atoms with E-state index in [0.29, 0.717) is 30.3 Å². The fourth-order valence-corrected chi connectivity index (χ4v) is 8.10. The lowest BCUT2D eigenvalue weighted by atomic mass is 9.88. The first kappa shape index (κ1) is 22.7. The molecule has 4 aromatic heterocycles. The summed E-state index contributed by atoms with van der Waals surface area (Å²) >= 11 is 1.95. The standard InChI is InChI=1S/C27H34N6OS/c1-13(2)22-23-16(5)25(19-8-18-7-17(19)9-32(18)11-21(34)28-6)35-27(23)31-24(22)20-10-33-26(29-12-30-33)15(4)14(20)3/h10,12-13,17-19,31H,7-9,11H2,1-6H3,(H,28,34)/t17?,18?,19-/m1/s1. The van der Waals surface area contributed by atoms with E-state index in [1.165, 1.54) is 50.1 Å². The second-order valence-electron chi connectivity index (χ2n) is 10.8. The topological polar surface area (TPSA) is 78.3 Å². The van der Waals surface area contributed by atoms with Crippen molar-refractivity contribution in [3.8, 4) is 11.3 Å². The van der Waals surface area contributed by atoms with Crippen LogP contribution in [0, 0.1) is 26.7 Å². The molecular weight excluding hydrogens is 456 g/mol. The highest BCUT2D eigenvalue weighted by Gasteiger charge is 2.46. The number of piperidine rings is 1. The highest BCUT2D eigenvalue weighted by Crippen LogP contribution is 2.53. The number of aromatic nitrogens is 4. The molecule has 0 aromatic carbocycles. The van der Waals surface area contributed by atoms with Crippen LogP contribution in [-0.2, 0) is 4.79 Å². The van der Waals surface area contributed by atoms with Crippen molar-refractivity contribution < 1.29 is 4.79 Å². The van der Waals surface area contributed by atoms with Crippen molar-refractivity contribution in [2.75, 3.05) is 20.1 Å². The fourth-order valence-electron chi connectivity index (χ4n) is 6.67. The van der Waals surface area contributed by atoms with Gasteiger partial charge in [0.05, 0.1) is 12.2 Å². The Kier molecular flexibility index (Phi) is 5.30. The number of hydrogen-bond donors (Lipinski definition) is 2. The normalized spacial score (nSPS) is 22.3. The van der Waals surface area contributed by atoms with Crippen LogP contribution in [0.3, 0.4) is 0 Å². The average molecular weight is 491 g/mol. The van der Waals surface area contributed by atoms with Gasteiger partial charge < -0.3 is 10.3 Å². The molecule has 7 nitrogen and oxygen atoms in total. The van der Waals surface area contributed by atoms with Gasteiger partial charge in [-0.2, -0.15) is 5.10 Å². The number of pyridine rings is 1. The first-order valence-corrected chi connectivity index (χ1v) is 13.5. The molecule has 0 spiro atoms. The van der Waals surface area contributed by atoms with E-state index in [1.807, 2.05) is 15.9 Å². The first-order chi connectivity index (χ1) is 16.8. The van der Waals surface area contributed by atoms with E-state index in [2.05, 4.69) is 66.1 Å². The number of carbonyl (C=O) groups excluding carboxylic acids is 1. The number of H-pyrrole nitrogens is 1. The summed E-state index contributed by atoms with van der Waals surface area (Å²) in [6, 6.07) is 0.530. The summed E-state index contributed by atoms with van der Waals surface area (Å²) in [7, 11) is 1.73. The Morgan fingerprint density at radius 2 is 2.03 bits per heavy atom. The number of nitrogens with one attached hydrogen (secondary N) is 2. The van der Waals surface area contributed by atoms with Gasteiger partial charge in [0.25, 0.3) is 0 Å². The van der Waals surface area contributed by atoms with Crippen LogP contribution in [0.5, 0.6) is 0 Å². The van der Waals surface area contributed by atoms with Crippen molar-refractivity contribution in [3.05, 3.63) is 39.7 Å². The summed E-state index contributed by atoms with van der Waals surface area (Å²) in [4.78, 5) is 25.4. The molecular formula is C27H34N6OS. The molecule has 0 radical (unpaired) electrons. The molecule has 2 aliphatic rings. The van der Waals surface area contributed by atoms with Crippen LogP contribution >= 0.6 is 11.3 Å². The minimum atomic E-state index is 0.124. The number of aromatic amines is 1. The van der Waals surface area contributed by atoms with Crippen LogP contribution in [0.2, 0.25) is 0 Å². The van der Waals surface area contributed by atoms with Crippen molar-refractivity contribution >= 4 is 33.1 Å². The van der Waals surface area contributed by atoms with Gasteiger partial charge in [-0.25, -0.2) is 9.50 Å². The maximum atomic E-state index is 11.9. The SMILES string of the molecule is CNC(=O)CN1CC2CC1C[C@H]2c1sc2[nH]c(-c3cn4ncnc4c(C)c3C)c(C(C)C)c2c1C. The van der Waals surface area contributed by atoms with E-state index >= 15 is 0 Å². The number of hydrogen-bond acceptors (Lipinski definition) is 5. The Morgan fingerprint density at radius 3 is 2.71 bits per heavy atom. The van der Waals surface area contributed by atoms with E-state index in [9.17, 15) is 4.79 Å². The van der Waals surface area contributed by atoms with E-state index in [-0.39, 0.29) is 5.91 Å². The Morgan fingerprint density at radius 1 is 1.23 bits per heavy atom. The number of nitrogens with zero attached hydrogens (tertiary/aromatic N) is 4. The maximum Gasteiger partial charge on any atom is 0.233 e. The molecule has 4 aromatic rings. The van der Waals surface area contributed by atoms with Crippen LogP contribution in [0.4, 0.5) is 0 Å². The molecule has 2 bridgehead atoms. The van der Waals surface area contributed by atoms with Crippen molar-refractivity contribution in [1.29, 1.82) is 0 Å². The van der Waals surface area contributed by atoms with Crippen LogP contribution in [-0.4, -0.2) is 56.6 Å². The third-order valence-corrected chi connectivity index (χ3v) is 9.89. The fraction of sp³-hybridized carbons (Fsp3) is 0.519. The molecule has 1 aliphatic carbocycles. The van der Waals surface area contributed by atoms with E-state index in [1.54, 1.807) is 18.3 Å². The van der Waals surface area contributed by atoms with Crippen LogP contribution in [0.1, 0.15) is 65.7 Å². The molecule has 2 unspecified atom stereocenters. The Balaban J connectivity index is 1.40. The number of rotatable bonds is 5. The van der Waals surface area contributed by atoms with Crippen molar-refractivity contribution in [2.45, 2.75) is 65.3 Å². The molecule has 184 valence electrons. The highest BCUT2D eigenvalue weighted by molar-refractivity contribution is 7.19. The predicted molar refractivity (Wildman–Crippen MR) is 141 cm³/mol. The highest BCUT2D eigenvalue weighted by atomic mass is 32.1. The summed E-state index contributed by atoms with van der Waals surface area (Å²) in [5.74, 6) is 1.77. The zero-order valence-electron chi connectivity index (χ0n) is 21.4. The van der Waals surface area contributed by atoms with Crippen LogP contribution < -0.4 is 5.32 Å². The van der Waals surface area contributed by atoms with Crippen molar-refractivity contribution in [1.82, 2.24) is 29.8 Å². The molecule has 1 amide bonds. The molecule has 8 heteroatoms. The van der Waals surface area contributed by atoms with Gasteiger partial charge >= 0.3 is 0 Å². The zero-order valence-corrected chi connectivity index (χ0v) is 22.2. The number of likely N-dealkylation sites (N-methyl/N-ethyl adjacent to an activating group) is 1. The number of aryl methyl sites for hydroxylation is 2. The first-order valence-electron chi connectivity index (χ1n) is 12.7. The largest absolute Gasteiger partial charge is 0.358 e. The van der Waals surface area contributed by atoms with Crippen LogP contribution in [0.25, 0.3) is 27.1 Å². The Bertz CT molecular complexity index is 1460. The van der Waals surface area contributed by atoms with E-state index in [0.717, 1.165) is 18.6 Å². The molecule has 1 saturated heterocycles. The van der Waals surface area contributed by atoms with Gasteiger partial charge in [0.15, 0.2) is 5.65 Å². The van der Waals surface area contributed by atoms with Gasteiger partial charge in [-0.15, -0.1) is 11.3 Å². The maximum absolute atomic E-state index is 11.9. The Labute approximate surface area is 209 Å². The summed E-state index contributed by atoms with van der Waals surface area (Å²) < 4.78 is 1.90. The van der Waals surface area contributed by atoms with Crippen molar-refractivity contribution in [2.24, 2.45) is 5.92 Å². The zero-order chi connectivity index (χ0) is 24.6. The van der Waals surface area contributed by atoms with Gasteiger partial charge in [0.1, 0.15) is 11.2 Å². The molecule has 5 heterocycles. The van der Waals surface area contributed by atoms with Gasteiger partial charge in [-0.1, -0.05) is 13.8 Å². The number of thiophene rings is 1. The molecule has 35 heavy (non-hydrogen) atoms. The molecule has 6 rings (SSSR count). The van der Waals surface area contributed by atoms with Gasteiger partial charge in [-0.05, 0) is 73.6 Å².